The van der Waals surface area contributed by atoms with E-state index in [1.807, 2.05) is 24.6 Å². The van der Waals surface area contributed by atoms with Crippen molar-refractivity contribution in [3.8, 4) is 0 Å². The summed E-state index contributed by atoms with van der Waals surface area (Å²) in [5.41, 5.74) is -0.235. The van der Waals surface area contributed by atoms with Gasteiger partial charge in [0.2, 0.25) is 0 Å². The van der Waals surface area contributed by atoms with Crippen LogP contribution in [-0.2, 0) is 19.6 Å². The van der Waals surface area contributed by atoms with E-state index < -0.39 is 23.5 Å². The molecule has 0 aliphatic rings. The van der Waals surface area contributed by atoms with Crippen molar-refractivity contribution in [1.29, 1.82) is 0 Å². The number of anilines is 1. The van der Waals surface area contributed by atoms with Crippen molar-refractivity contribution in [3.63, 3.8) is 0 Å². The molecule has 0 unspecified atom stereocenters. The van der Waals surface area contributed by atoms with Gasteiger partial charge in [0.25, 0.3) is 5.91 Å². The zero-order valence-electron chi connectivity index (χ0n) is 15.1. The number of hydrogen-bond acceptors (Lipinski definition) is 5. The Kier molecular flexibility index (Phi) is 5.39. The number of benzene rings is 1. The number of rotatable bonds is 5. The average molecular weight is 390 g/mol. The zero-order valence-corrected chi connectivity index (χ0v) is 15.1. The van der Waals surface area contributed by atoms with Gasteiger partial charge in [0.15, 0.2) is 5.69 Å². The number of amides is 1. The molecule has 0 saturated heterocycles. The van der Waals surface area contributed by atoms with E-state index in [1.54, 1.807) is 24.5 Å². The van der Waals surface area contributed by atoms with Crippen LogP contribution in [0.1, 0.15) is 40.4 Å². The van der Waals surface area contributed by atoms with Crippen LogP contribution in [0.15, 0.2) is 43.0 Å². The van der Waals surface area contributed by atoms with E-state index >= 15 is 0 Å². The van der Waals surface area contributed by atoms with Crippen LogP contribution in [0.2, 0.25) is 0 Å². The highest BCUT2D eigenvalue weighted by Gasteiger charge is 2.33. The molecule has 1 aromatic carbocycles. The Morgan fingerprint density at radius 2 is 2.07 bits per heavy atom. The van der Waals surface area contributed by atoms with Gasteiger partial charge < -0.3 is 9.88 Å². The molecule has 0 aliphatic heterocycles. The summed E-state index contributed by atoms with van der Waals surface area (Å²) in [4.78, 5) is 19.1. The minimum atomic E-state index is -4.67. The Hall–Kier alpha value is -3.30. The van der Waals surface area contributed by atoms with Gasteiger partial charge in [-0.25, -0.2) is 4.98 Å². The second-order valence-electron chi connectivity index (χ2n) is 6.33. The van der Waals surface area contributed by atoms with Crippen molar-refractivity contribution in [2.24, 2.45) is 7.05 Å². The third-order valence-electron chi connectivity index (χ3n) is 4.17. The van der Waals surface area contributed by atoms with Crippen LogP contribution in [-0.4, -0.2) is 30.6 Å². The number of alkyl halides is 3. The predicted molar refractivity (Wildman–Crippen MR) is 94.6 cm³/mol. The fourth-order valence-electron chi connectivity index (χ4n) is 2.61. The fraction of sp³-hybridized carbons (Fsp3) is 0.278. The molecule has 2 heterocycles. The summed E-state index contributed by atoms with van der Waals surface area (Å²) < 4.78 is 40.0. The lowest BCUT2D eigenvalue weighted by atomic mass is 9.97. The number of halogens is 3. The summed E-state index contributed by atoms with van der Waals surface area (Å²) in [7, 11) is 1.86. The Bertz CT molecular complexity index is 985. The molecule has 1 N–H and O–H groups in total. The Labute approximate surface area is 158 Å². The van der Waals surface area contributed by atoms with Crippen molar-refractivity contribution in [3.05, 3.63) is 65.8 Å². The van der Waals surface area contributed by atoms with Crippen molar-refractivity contribution in [1.82, 2.24) is 24.7 Å². The Morgan fingerprint density at radius 1 is 1.29 bits per heavy atom. The minimum Gasteiger partial charge on any atom is -0.321 e. The van der Waals surface area contributed by atoms with E-state index in [1.165, 1.54) is 0 Å². The average Bonchev–Trinajstić information content (AvgIpc) is 3.06. The van der Waals surface area contributed by atoms with E-state index in [2.05, 4.69) is 25.5 Å². The number of hydrogen-bond donors (Lipinski definition) is 1. The van der Waals surface area contributed by atoms with Gasteiger partial charge in [0, 0.05) is 19.2 Å². The summed E-state index contributed by atoms with van der Waals surface area (Å²) in [5, 5.41) is 10.5. The molecule has 1 atom stereocenters. The molecule has 28 heavy (non-hydrogen) atoms. The van der Waals surface area contributed by atoms with Gasteiger partial charge in [-0.2, -0.15) is 13.2 Å². The van der Waals surface area contributed by atoms with Crippen LogP contribution in [0, 0.1) is 0 Å². The molecule has 146 valence electrons. The number of carbonyl (C=O) groups is 1. The molecule has 7 nitrogen and oxygen atoms in total. The Morgan fingerprint density at radius 3 is 2.75 bits per heavy atom. The standard InChI is InChI=1S/C18H17F3N6O/c1-11(6-16-26-23-10-27(16)2)12-4-3-5-13(7-12)24-17(28)14-8-22-9-15(25-14)18(19,20)21/h3-5,7-11H,6H2,1-2H3,(H,24,28)/t11-/m1/s1. The molecule has 0 saturated carbocycles. The highest BCUT2D eigenvalue weighted by Crippen LogP contribution is 2.27. The molecule has 0 bridgehead atoms. The van der Waals surface area contributed by atoms with E-state index in [9.17, 15) is 18.0 Å². The normalized spacial score (nSPS) is 12.6. The second-order valence-corrected chi connectivity index (χ2v) is 6.33. The lowest BCUT2D eigenvalue weighted by Crippen LogP contribution is -2.18. The van der Waals surface area contributed by atoms with Gasteiger partial charge in [-0.15, -0.1) is 10.2 Å². The molecular formula is C18H17F3N6O. The third kappa shape index (κ3) is 4.51. The van der Waals surface area contributed by atoms with E-state index in [0.29, 0.717) is 18.3 Å². The predicted octanol–water partition coefficient (Wildman–Crippen LogP) is 3.22. The van der Waals surface area contributed by atoms with Crippen LogP contribution in [0.4, 0.5) is 18.9 Å². The first kappa shape index (κ1) is 19.5. The number of nitrogens with one attached hydrogen (secondary N) is 1. The van der Waals surface area contributed by atoms with Gasteiger partial charge in [0.05, 0.1) is 12.4 Å². The maximum Gasteiger partial charge on any atom is 0.434 e. The maximum atomic E-state index is 12.7. The number of aryl methyl sites for hydroxylation is 1. The van der Waals surface area contributed by atoms with Gasteiger partial charge in [-0.1, -0.05) is 19.1 Å². The molecule has 0 spiro atoms. The van der Waals surface area contributed by atoms with Crippen molar-refractivity contribution in [2.75, 3.05) is 5.32 Å². The first-order valence-corrected chi connectivity index (χ1v) is 8.37. The molecule has 0 fully saturated rings. The van der Waals surface area contributed by atoms with Crippen molar-refractivity contribution >= 4 is 11.6 Å². The van der Waals surface area contributed by atoms with Gasteiger partial charge in [-0.05, 0) is 23.6 Å². The van der Waals surface area contributed by atoms with Gasteiger partial charge >= 0.3 is 6.18 Å². The molecular weight excluding hydrogens is 373 g/mol. The number of nitrogens with zero attached hydrogens (tertiary/aromatic N) is 5. The van der Waals surface area contributed by atoms with Crippen LogP contribution < -0.4 is 5.32 Å². The minimum absolute atomic E-state index is 0.0908. The molecule has 3 rings (SSSR count). The van der Waals surface area contributed by atoms with Crippen molar-refractivity contribution in [2.45, 2.75) is 25.4 Å². The number of carbonyl (C=O) groups excluding carboxylic acids is 1. The molecule has 0 aliphatic carbocycles. The van der Waals surface area contributed by atoms with Crippen molar-refractivity contribution < 1.29 is 18.0 Å². The van der Waals surface area contributed by atoms with Crippen LogP contribution in [0.5, 0.6) is 0 Å². The van der Waals surface area contributed by atoms with Gasteiger partial charge in [-0.3, -0.25) is 9.78 Å². The summed E-state index contributed by atoms with van der Waals surface area (Å²) in [6.45, 7) is 2.01. The summed E-state index contributed by atoms with van der Waals surface area (Å²) in [6.07, 6.45) is -0.836. The topological polar surface area (TPSA) is 85.6 Å². The first-order chi connectivity index (χ1) is 13.2. The van der Waals surface area contributed by atoms with Crippen LogP contribution in [0.3, 0.4) is 0 Å². The van der Waals surface area contributed by atoms with E-state index in [0.717, 1.165) is 17.6 Å². The molecule has 0 radical (unpaired) electrons. The largest absolute Gasteiger partial charge is 0.434 e. The summed E-state index contributed by atoms with van der Waals surface area (Å²) in [6, 6.07) is 7.08. The maximum absolute atomic E-state index is 12.7. The molecule has 1 amide bonds. The van der Waals surface area contributed by atoms with Crippen LogP contribution >= 0.6 is 0 Å². The van der Waals surface area contributed by atoms with E-state index in [4.69, 9.17) is 0 Å². The highest BCUT2D eigenvalue weighted by molar-refractivity contribution is 6.02. The smallest absolute Gasteiger partial charge is 0.321 e. The monoisotopic (exact) mass is 390 g/mol. The lowest BCUT2D eigenvalue weighted by molar-refractivity contribution is -0.141. The second kappa shape index (κ2) is 7.75. The molecule has 10 heteroatoms. The van der Waals surface area contributed by atoms with E-state index in [-0.39, 0.29) is 5.92 Å². The molecule has 2 aromatic heterocycles. The summed E-state index contributed by atoms with van der Waals surface area (Å²) in [5.74, 6) is 0.144. The van der Waals surface area contributed by atoms with Gasteiger partial charge in [0.1, 0.15) is 17.8 Å². The lowest BCUT2D eigenvalue weighted by Gasteiger charge is -2.13. The van der Waals surface area contributed by atoms with Crippen LogP contribution in [0.25, 0.3) is 0 Å². The SMILES string of the molecule is C[C@H](Cc1nncn1C)c1cccc(NC(=O)c2cncc(C(F)(F)F)n2)c1. The molecule has 3 aromatic rings. The highest BCUT2D eigenvalue weighted by atomic mass is 19.4. The third-order valence-corrected chi connectivity index (χ3v) is 4.17. The summed E-state index contributed by atoms with van der Waals surface area (Å²) >= 11 is 0. The fourth-order valence-corrected chi connectivity index (χ4v) is 2.61. The first-order valence-electron chi connectivity index (χ1n) is 8.37. The number of aromatic nitrogens is 5. The quantitative estimate of drug-likeness (QED) is 0.723. The Balaban J connectivity index is 1.74. The zero-order chi connectivity index (χ0) is 20.3.